The standard InChI is InChI=1S/C30H35F5N2O5/c1-27(2,3)42-26(39)37-18-15-28(22(19-37)20-9-5-7-11-23(20)40-4)13-16-36(17-14-28)25(38)29(31,32)21-10-6-8-12-24(21)41-30(33,34)35/h5-12,22H,13-19H2,1-4H3. The minimum absolute atomic E-state index is 0.0329. The van der Waals surface area contributed by atoms with Crippen LogP contribution in [0.15, 0.2) is 48.5 Å². The van der Waals surface area contributed by atoms with Crippen molar-refractivity contribution in [3.8, 4) is 11.5 Å². The first-order chi connectivity index (χ1) is 19.6. The van der Waals surface area contributed by atoms with E-state index < -0.39 is 46.6 Å². The van der Waals surface area contributed by atoms with Gasteiger partial charge in [-0.2, -0.15) is 8.78 Å². The molecule has 0 saturated carbocycles. The molecular weight excluding hydrogens is 563 g/mol. The molecule has 7 nitrogen and oxygen atoms in total. The molecule has 2 aromatic rings. The summed E-state index contributed by atoms with van der Waals surface area (Å²) in [5.41, 5.74) is -1.43. The van der Waals surface area contributed by atoms with Crippen molar-refractivity contribution >= 4 is 12.0 Å². The maximum Gasteiger partial charge on any atom is 0.573 e. The Morgan fingerprint density at radius 1 is 0.833 bits per heavy atom. The molecule has 0 N–H and O–H groups in total. The van der Waals surface area contributed by atoms with Crippen LogP contribution in [-0.2, 0) is 15.5 Å². The van der Waals surface area contributed by atoms with E-state index >= 15 is 8.78 Å². The summed E-state index contributed by atoms with van der Waals surface area (Å²) in [5, 5.41) is 0. The van der Waals surface area contributed by atoms with E-state index in [1.54, 1.807) is 32.8 Å². The molecule has 0 radical (unpaired) electrons. The average molecular weight is 599 g/mol. The molecule has 2 saturated heterocycles. The molecule has 2 heterocycles. The molecule has 0 aromatic heterocycles. The topological polar surface area (TPSA) is 68.3 Å². The highest BCUT2D eigenvalue weighted by Gasteiger charge is 2.52. The molecule has 4 rings (SSSR count). The van der Waals surface area contributed by atoms with Gasteiger partial charge in [-0.1, -0.05) is 30.3 Å². The van der Waals surface area contributed by atoms with Gasteiger partial charge in [-0.3, -0.25) is 4.79 Å². The number of alkyl halides is 5. The molecule has 230 valence electrons. The second kappa shape index (κ2) is 11.6. The highest BCUT2D eigenvalue weighted by Crippen LogP contribution is 2.52. The SMILES string of the molecule is COc1ccccc1C1CN(C(=O)OC(C)(C)C)CCC12CCN(C(=O)C(F)(F)c1ccccc1OC(F)(F)F)CC2. The Morgan fingerprint density at radius 3 is 1.95 bits per heavy atom. The summed E-state index contributed by atoms with van der Waals surface area (Å²) in [6.45, 7) is 5.97. The number of benzene rings is 2. The number of carbonyl (C=O) groups is 2. The van der Waals surface area contributed by atoms with Gasteiger partial charge in [-0.05, 0) is 69.2 Å². The number of hydrogen-bond acceptors (Lipinski definition) is 5. The summed E-state index contributed by atoms with van der Waals surface area (Å²) in [4.78, 5) is 28.7. The molecule has 1 atom stereocenters. The molecule has 2 fully saturated rings. The summed E-state index contributed by atoms with van der Waals surface area (Å²) < 4.78 is 84.4. The molecular formula is C30H35F5N2O5. The zero-order valence-electron chi connectivity index (χ0n) is 24.0. The predicted octanol–water partition coefficient (Wildman–Crippen LogP) is 6.72. The second-order valence-corrected chi connectivity index (χ2v) is 11.7. The summed E-state index contributed by atoms with van der Waals surface area (Å²) in [6.07, 6.45) is -4.42. The fourth-order valence-electron chi connectivity index (χ4n) is 5.92. The van der Waals surface area contributed by atoms with Gasteiger partial charge in [0.1, 0.15) is 17.1 Å². The van der Waals surface area contributed by atoms with Crippen molar-refractivity contribution in [1.29, 1.82) is 0 Å². The van der Waals surface area contributed by atoms with Gasteiger partial charge < -0.3 is 24.0 Å². The van der Waals surface area contributed by atoms with Crippen molar-refractivity contribution in [3.05, 3.63) is 59.7 Å². The number of halogens is 5. The first kappa shape index (κ1) is 31.4. The Hall–Kier alpha value is -3.57. The van der Waals surface area contributed by atoms with Crippen molar-refractivity contribution in [2.75, 3.05) is 33.3 Å². The van der Waals surface area contributed by atoms with Gasteiger partial charge in [-0.15, -0.1) is 13.2 Å². The first-order valence-electron chi connectivity index (χ1n) is 13.7. The van der Waals surface area contributed by atoms with Crippen LogP contribution in [0.1, 0.15) is 57.1 Å². The van der Waals surface area contributed by atoms with Crippen LogP contribution in [0.2, 0.25) is 0 Å². The fourth-order valence-corrected chi connectivity index (χ4v) is 5.92. The van der Waals surface area contributed by atoms with Gasteiger partial charge in [-0.25, -0.2) is 4.79 Å². The van der Waals surface area contributed by atoms with E-state index in [1.165, 1.54) is 0 Å². The number of ether oxygens (including phenoxy) is 3. The molecule has 2 aliphatic heterocycles. The third-order valence-electron chi connectivity index (χ3n) is 7.95. The lowest BCUT2D eigenvalue weighted by Crippen LogP contribution is -2.55. The van der Waals surface area contributed by atoms with Crippen LogP contribution < -0.4 is 9.47 Å². The van der Waals surface area contributed by atoms with Gasteiger partial charge in [0.2, 0.25) is 0 Å². The van der Waals surface area contributed by atoms with E-state index in [2.05, 4.69) is 4.74 Å². The van der Waals surface area contributed by atoms with Crippen LogP contribution in [0.5, 0.6) is 11.5 Å². The quantitative estimate of drug-likeness (QED) is 0.358. The summed E-state index contributed by atoms with van der Waals surface area (Å²) in [5.74, 6) is -6.57. The van der Waals surface area contributed by atoms with Crippen LogP contribution >= 0.6 is 0 Å². The molecule has 2 amide bonds. The Labute approximate surface area is 241 Å². The van der Waals surface area contributed by atoms with E-state index in [9.17, 15) is 22.8 Å². The second-order valence-electron chi connectivity index (χ2n) is 11.7. The molecule has 1 spiro atoms. The first-order valence-corrected chi connectivity index (χ1v) is 13.7. The molecule has 42 heavy (non-hydrogen) atoms. The van der Waals surface area contributed by atoms with Crippen molar-refractivity contribution in [1.82, 2.24) is 9.80 Å². The number of hydrogen-bond donors (Lipinski definition) is 0. The number of nitrogens with zero attached hydrogens (tertiary/aromatic N) is 2. The zero-order chi connectivity index (χ0) is 30.9. The third-order valence-corrected chi connectivity index (χ3v) is 7.95. The highest BCUT2D eigenvalue weighted by atomic mass is 19.4. The van der Waals surface area contributed by atoms with E-state index in [0.29, 0.717) is 38.1 Å². The highest BCUT2D eigenvalue weighted by molar-refractivity contribution is 5.85. The monoisotopic (exact) mass is 598 g/mol. The zero-order valence-corrected chi connectivity index (χ0v) is 24.0. The fraction of sp³-hybridized carbons (Fsp3) is 0.533. The summed E-state index contributed by atoms with van der Waals surface area (Å²) in [7, 11) is 1.55. The van der Waals surface area contributed by atoms with Crippen molar-refractivity contribution in [2.45, 2.75) is 63.8 Å². The average Bonchev–Trinajstić information content (AvgIpc) is 2.91. The number of piperidine rings is 2. The van der Waals surface area contributed by atoms with Crippen molar-refractivity contribution in [2.24, 2.45) is 5.41 Å². The Balaban J connectivity index is 1.57. The Kier molecular flexibility index (Phi) is 8.67. The van der Waals surface area contributed by atoms with Gasteiger partial charge in [0.05, 0.1) is 12.7 Å². The van der Waals surface area contributed by atoms with Gasteiger partial charge in [0.25, 0.3) is 5.91 Å². The molecule has 0 bridgehead atoms. The van der Waals surface area contributed by atoms with Gasteiger partial charge >= 0.3 is 18.4 Å². The van der Waals surface area contributed by atoms with Crippen LogP contribution in [-0.4, -0.2) is 67.1 Å². The van der Waals surface area contributed by atoms with E-state index in [1.807, 2.05) is 24.3 Å². The largest absolute Gasteiger partial charge is 0.573 e. The maximum atomic E-state index is 15.4. The lowest BCUT2D eigenvalue weighted by atomic mass is 9.62. The predicted molar refractivity (Wildman–Crippen MR) is 143 cm³/mol. The van der Waals surface area contributed by atoms with E-state index in [4.69, 9.17) is 9.47 Å². The number of likely N-dealkylation sites (tertiary alicyclic amines) is 2. The van der Waals surface area contributed by atoms with Crippen molar-refractivity contribution in [3.63, 3.8) is 0 Å². The van der Waals surface area contributed by atoms with Crippen LogP contribution in [0, 0.1) is 5.41 Å². The number of para-hydroxylation sites is 2. The lowest BCUT2D eigenvalue weighted by Gasteiger charge is -2.52. The summed E-state index contributed by atoms with van der Waals surface area (Å²) in [6, 6.07) is 11.2. The molecule has 12 heteroatoms. The molecule has 2 aromatic carbocycles. The maximum absolute atomic E-state index is 15.4. The van der Waals surface area contributed by atoms with E-state index in [0.717, 1.165) is 34.7 Å². The number of carbonyl (C=O) groups excluding carboxylic acids is 2. The van der Waals surface area contributed by atoms with Gasteiger partial charge in [0.15, 0.2) is 0 Å². The van der Waals surface area contributed by atoms with Crippen LogP contribution in [0.3, 0.4) is 0 Å². The summed E-state index contributed by atoms with van der Waals surface area (Å²) >= 11 is 0. The van der Waals surface area contributed by atoms with Crippen LogP contribution in [0.25, 0.3) is 0 Å². The minimum atomic E-state index is -5.20. The molecule has 0 aliphatic carbocycles. The Bertz CT molecular complexity index is 1290. The molecule has 2 aliphatic rings. The lowest BCUT2D eigenvalue weighted by molar-refractivity contribution is -0.275. The third kappa shape index (κ3) is 6.73. The minimum Gasteiger partial charge on any atom is -0.496 e. The van der Waals surface area contributed by atoms with Crippen molar-refractivity contribution < 1.29 is 45.8 Å². The number of rotatable bonds is 5. The smallest absolute Gasteiger partial charge is 0.496 e. The normalized spacial score (nSPS) is 19.4. The van der Waals surface area contributed by atoms with E-state index in [-0.39, 0.29) is 19.0 Å². The van der Waals surface area contributed by atoms with Crippen LogP contribution in [0.4, 0.5) is 26.7 Å². The Morgan fingerprint density at radius 2 is 1.38 bits per heavy atom. The molecule has 1 unspecified atom stereocenters. The number of amides is 2. The van der Waals surface area contributed by atoms with Gasteiger partial charge in [0, 0.05) is 32.1 Å². The number of methoxy groups -OCH3 is 1.